The summed E-state index contributed by atoms with van der Waals surface area (Å²) >= 11 is 6.01. The lowest BCUT2D eigenvalue weighted by atomic mass is 10.1. The minimum atomic E-state index is -0.291. The van der Waals surface area contributed by atoms with Crippen molar-refractivity contribution in [3.8, 4) is 6.07 Å². The molecule has 0 aliphatic carbocycles. The maximum atomic E-state index is 11.8. The van der Waals surface area contributed by atoms with Gasteiger partial charge in [0.1, 0.15) is 11.6 Å². The van der Waals surface area contributed by atoms with Crippen LogP contribution in [0.3, 0.4) is 0 Å². The molecule has 2 aromatic rings. The first-order valence-electron chi connectivity index (χ1n) is 4.75. The second-order valence-corrected chi connectivity index (χ2v) is 4.05. The average molecular weight is 233 g/mol. The summed E-state index contributed by atoms with van der Waals surface area (Å²) in [7, 11) is 1.65. The van der Waals surface area contributed by atoms with Crippen molar-refractivity contribution in [1.29, 1.82) is 5.26 Å². The monoisotopic (exact) mass is 232 g/mol. The van der Waals surface area contributed by atoms with Crippen LogP contribution in [-0.4, -0.2) is 4.57 Å². The summed E-state index contributed by atoms with van der Waals surface area (Å²) in [4.78, 5) is 11.8. The third-order valence-corrected chi connectivity index (χ3v) is 3.10. The Labute approximate surface area is 97.5 Å². The van der Waals surface area contributed by atoms with Crippen molar-refractivity contribution >= 4 is 22.5 Å². The quantitative estimate of drug-likeness (QED) is 0.700. The number of nitrogens with zero attached hydrogens (tertiary/aromatic N) is 2. The Bertz CT molecular complexity index is 680. The topological polar surface area (TPSA) is 45.8 Å². The Hall–Kier alpha value is -1.79. The first-order valence-corrected chi connectivity index (χ1v) is 5.13. The highest BCUT2D eigenvalue weighted by atomic mass is 35.5. The van der Waals surface area contributed by atoms with Crippen LogP contribution in [-0.2, 0) is 7.05 Å². The summed E-state index contributed by atoms with van der Waals surface area (Å²) in [5, 5.41) is 10.3. The van der Waals surface area contributed by atoms with Crippen molar-refractivity contribution in [2.24, 2.45) is 7.05 Å². The van der Waals surface area contributed by atoms with E-state index in [9.17, 15) is 4.79 Å². The molecule has 1 aromatic heterocycles. The van der Waals surface area contributed by atoms with Crippen molar-refractivity contribution in [2.75, 3.05) is 0 Å². The number of hydrogen-bond acceptors (Lipinski definition) is 2. The van der Waals surface area contributed by atoms with Gasteiger partial charge in [-0.25, -0.2) is 0 Å². The Morgan fingerprint density at radius 3 is 2.75 bits per heavy atom. The first kappa shape index (κ1) is 10.7. The summed E-state index contributed by atoms with van der Waals surface area (Å²) in [6.07, 6.45) is 0. The van der Waals surface area contributed by atoms with Gasteiger partial charge in [-0.1, -0.05) is 17.7 Å². The summed E-state index contributed by atoms with van der Waals surface area (Å²) in [5.41, 5.74) is 1.48. The molecule has 0 saturated carbocycles. The van der Waals surface area contributed by atoms with Gasteiger partial charge in [-0.15, -0.1) is 0 Å². The van der Waals surface area contributed by atoms with E-state index in [0.29, 0.717) is 5.02 Å². The zero-order valence-electron chi connectivity index (χ0n) is 8.91. The molecule has 0 amide bonds. The van der Waals surface area contributed by atoms with Crippen LogP contribution in [0, 0.1) is 18.3 Å². The maximum Gasteiger partial charge on any atom is 0.268 e. The summed E-state index contributed by atoms with van der Waals surface area (Å²) in [6.45, 7) is 1.86. The van der Waals surface area contributed by atoms with E-state index in [2.05, 4.69) is 0 Å². The number of nitriles is 1. The fraction of sp³-hybridized carbons (Fsp3) is 0.167. The van der Waals surface area contributed by atoms with Gasteiger partial charge in [0.05, 0.1) is 5.52 Å². The molecule has 0 spiro atoms. The first-order chi connectivity index (χ1) is 7.56. The molecule has 1 heterocycles. The SMILES string of the molecule is Cc1c(Cl)ccc2cc(C#N)c(=O)n(C)c12. The van der Waals surface area contributed by atoms with E-state index in [1.54, 1.807) is 19.2 Å². The average Bonchev–Trinajstić information content (AvgIpc) is 2.28. The van der Waals surface area contributed by atoms with Crippen LogP contribution in [0.1, 0.15) is 11.1 Å². The molecule has 80 valence electrons. The second-order valence-electron chi connectivity index (χ2n) is 3.64. The molecule has 0 unspecified atom stereocenters. The molecule has 1 aromatic carbocycles. The van der Waals surface area contributed by atoms with Gasteiger partial charge in [-0.2, -0.15) is 5.26 Å². The molecule has 0 fully saturated rings. The van der Waals surface area contributed by atoms with Crippen molar-refractivity contribution < 1.29 is 0 Å². The molecule has 0 atom stereocenters. The van der Waals surface area contributed by atoms with Gasteiger partial charge < -0.3 is 4.57 Å². The van der Waals surface area contributed by atoms with E-state index in [4.69, 9.17) is 16.9 Å². The molecule has 0 aliphatic heterocycles. The highest BCUT2D eigenvalue weighted by Crippen LogP contribution is 2.24. The van der Waals surface area contributed by atoms with Gasteiger partial charge in [0.25, 0.3) is 5.56 Å². The molecule has 0 aliphatic rings. The molecular formula is C12H9ClN2O. The summed E-state index contributed by atoms with van der Waals surface area (Å²) in [5.74, 6) is 0. The maximum absolute atomic E-state index is 11.8. The van der Waals surface area contributed by atoms with Crippen LogP contribution < -0.4 is 5.56 Å². The van der Waals surface area contributed by atoms with E-state index in [0.717, 1.165) is 16.5 Å². The molecule has 0 radical (unpaired) electrons. The van der Waals surface area contributed by atoms with Gasteiger partial charge in [0, 0.05) is 17.5 Å². The lowest BCUT2D eigenvalue weighted by Gasteiger charge is -2.09. The second kappa shape index (κ2) is 3.66. The van der Waals surface area contributed by atoms with Gasteiger partial charge in [0.15, 0.2) is 0 Å². The van der Waals surface area contributed by atoms with Crippen LogP contribution in [0.15, 0.2) is 23.0 Å². The Balaban J connectivity index is 3.07. The molecular weight excluding hydrogens is 224 g/mol. The fourth-order valence-corrected chi connectivity index (χ4v) is 1.99. The summed E-state index contributed by atoms with van der Waals surface area (Å²) < 4.78 is 1.47. The van der Waals surface area contributed by atoms with Crippen molar-refractivity contribution in [3.05, 3.63) is 44.7 Å². The Morgan fingerprint density at radius 2 is 2.12 bits per heavy atom. The van der Waals surface area contributed by atoms with Gasteiger partial charge in [-0.05, 0) is 24.6 Å². The predicted molar refractivity (Wildman–Crippen MR) is 63.7 cm³/mol. The molecule has 16 heavy (non-hydrogen) atoms. The molecule has 0 saturated heterocycles. The molecule has 3 nitrogen and oxygen atoms in total. The third kappa shape index (κ3) is 1.39. The zero-order chi connectivity index (χ0) is 11.9. The normalized spacial score (nSPS) is 10.4. The number of fused-ring (bicyclic) bond motifs is 1. The van der Waals surface area contributed by atoms with Crippen LogP contribution in [0.2, 0.25) is 5.02 Å². The van der Waals surface area contributed by atoms with Crippen LogP contribution in [0.4, 0.5) is 0 Å². The highest BCUT2D eigenvalue weighted by Gasteiger charge is 2.09. The van der Waals surface area contributed by atoms with Crippen molar-refractivity contribution in [2.45, 2.75) is 6.92 Å². The number of hydrogen-bond donors (Lipinski definition) is 0. The smallest absolute Gasteiger partial charge is 0.268 e. The molecule has 4 heteroatoms. The van der Waals surface area contributed by atoms with E-state index in [-0.39, 0.29) is 11.1 Å². The van der Waals surface area contributed by atoms with Gasteiger partial charge in [-0.3, -0.25) is 4.79 Å². The lowest BCUT2D eigenvalue weighted by Crippen LogP contribution is -2.20. The Kier molecular flexibility index (Phi) is 2.45. The van der Waals surface area contributed by atoms with Crippen LogP contribution in [0.5, 0.6) is 0 Å². The number of pyridine rings is 1. The highest BCUT2D eigenvalue weighted by molar-refractivity contribution is 6.32. The Morgan fingerprint density at radius 1 is 1.44 bits per heavy atom. The minimum absolute atomic E-state index is 0.150. The number of aryl methyl sites for hydroxylation is 2. The summed E-state index contributed by atoms with van der Waals surface area (Å²) in [6, 6.07) is 7.07. The third-order valence-electron chi connectivity index (χ3n) is 2.69. The van der Waals surface area contributed by atoms with Crippen molar-refractivity contribution in [3.63, 3.8) is 0 Å². The molecule has 0 bridgehead atoms. The molecule has 2 rings (SSSR count). The van der Waals surface area contributed by atoms with E-state index < -0.39 is 0 Å². The van der Waals surface area contributed by atoms with E-state index in [1.807, 2.05) is 19.1 Å². The number of aromatic nitrogens is 1. The van der Waals surface area contributed by atoms with E-state index in [1.165, 1.54) is 4.57 Å². The van der Waals surface area contributed by atoms with Crippen molar-refractivity contribution in [1.82, 2.24) is 4.57 Å². The van der Waals surface area contributed by atoms with Gasteiger partial charge in [0.2, 0.25) is 0 Å². The number of halogens is 1. The molecule has 0 N–H and O–H groups in total. The van der Waals surface area contributed by atoms with Gasteiger partial charge >= 0.3 is 0 Å². The zero-order valence-corrected chi connectivity index (χ0v) is 9.67. The largest absolute Gasteiger partial charge is 0.310 e. The standard InChI is InChI=1S/C12H9ClN2O/c1-7-10(13)4-3-8-5-9(6-14)12(16)15(2)11(7)8/h3-5H,1-2H3. The minimum Gasteiger partial charge on any atom is -0.310 e. The lowest BCUT2D eigenvalue weighted by molar-refractivity contribution is 0.897. The van der Waals surface area contributed by atoms with Crippen LogP contribution in [0.25, 0.3) is 10.9 Å². The number of benzene rings is 1. The number of rotatable bonds is 0. The predicted octanol–water partition coefficient (Wildman–Crippen LogP) is 2.37. The fourth-order valence-electron chi connectivity index (χ4n) is 1.84. The van der Waals surface area contributed by atoms with Crippen LogP contribution >= 0.6 is 11.6 Å². The van der Waals surface area contributed by atoms with E-state index >= 15 is 0 Å².